The number of hydrogen-bond acceptors (Lipinski definition) is 5. The number of nitrogens with zero attached hydrogens (tertiary/aromatic N) is 2. The minimum atomic E-state index is -4.40. The lowest BCUT2D eigenvalue weighted by atomic mass is 10.1. The Bertz CT molecular complexity index is 762. The Morgan fingerprint density at radius 3 is 2.70 bits per heavy atom. The molecule has 0 amide bonds. The normalized spacial score (nSPS) is 27.6. The maximum Gasteiger partial charge on any atom is 0.391 e. The van der Waals surface area contributed by atoms with E-state index in [-0.39, 0.29) is 11.3 Å². The number of benzene rings is 1. The van der Waals surface area contributed by atoms with Crippen LogP contribution in [0.15, 0.2) is 34.2 Å². The van der Waals surface area contributed by atoms with Crippen LogP contribution < -0.4 is 9.64 Å². The molecule has 0 bridgehead atoms. The van der Waals surface area contributed by atoms with Crippen LogP contribution in [0.25, 0.3) is 0 Å². The van der Waals surface area contributed by atoms with Gasteiger partial charge in [-0.1, -0.05) is 12.1 Å². The molecule has 3 unspecified atom stereocenters. The summed E-state index contributed by atoms with van der Waals surface area (Å²) in [4.78, 5) is 2.18. The second-order valence-corrected chi connectivity index (χ2v) is 8.63. The Balaban J connectivity index is 1.85. The molecular formula is C18H18F4N2OS2. The fourth-order valence-electron chi connectivity index (χ4n) is 3.30. The van der Waals surface area contributed by atoms with E-state index in [0.717, 1.165) is 23.2 Å². The number of halogens is 4. The van der Waals surface area contributed by atoms with Gasteiger partial charge in [-0.15, -0.1) is 23.5 Å². The van der Waals surface area contributed by atoms with Crippen LogP contribution in [0.1, 0.15) is 12.8 Å². The minimum Gasteiger partial charge on any atom is -0.495 e. The highest BCUT2D eigenvalue weighted by atomic mass is 32.2. The first-order chi connectivity index (χ1) is 12.8. The minimum absolute atomic E-state index is 0.263. The van der Waals surface area contributed by atoms with Gasteiger partial charge in [-0.25, -0.2) is 4.39 Å². The number of allylic oxidation sites excluding steroid dienone is 1. The van der Waals surface area contributed by atoms with Gasteiger partial charge in [-0.05, 0) is 25.0 Å². The van der Waals surface area contributed by atoms with E-state index in [2.05, 4.69) is 6.07 Å². The van der Waals surface area contributed by atoms with Crippen molar-refractivity contribution in [2.75, 3.05) is 24.3 Å². The summed E-state index contributed by atoms with van der Waals surface area (Å²) in [6.45, 7) is 0.640. The molecule has 1 aromatic rings. The van der Waals surface area contributed by atoms with Crippen LogP contribution in [0.3, 0.4) is 0 Å². The van der Waals surface area contributed by atoms with Gasteiger partial charge in [-0.2, -0.15) is 18.4 Å². The molecule has 1 saturated heterocycles. The largest absolute Gasteiger partial charge is 0.495 e. The standard InChI is InChI=1S/C18H18F4N2OS2/c1-25-14-5-3-2-4-13(14)24-6-7-26-17(24)16(10-23)27-15-9-11(8-12(15)19)18(20,21)22/h2-5,11-12,15H,6-9H2,1H3/b17-16-. The fraction of sp³-hybridized carbons (Fsp3) is 0.500. The summed E-state index contributed by atoms with van der Waals surface area (Å²) in [6.07, 6.45) is -6.80. The highest BCUT2D eigenvalue weighted by Crippen LogP contribution is 2.48. The zero-order valence-electron chi connectivity index (χ0n) is 14.5. The smallest absolute Gasteiger partial charge is 0.391 e. The van der Waals surface area contributed by atoms with E-state index < -0.39 is 29.9 Å². The third kappa shape index (κ3) is 4.32. The summed E-state index contributed by atoms with van der Waals surface area (Å²) in [7, 11) is 1.55. The summed E-state index contributed by atoms with van der Waals surface area (Å²) in [5, 5.41) is 9.39. The lowest BCUT2D eigenvalue weighted by Crippen LogP contribution is -2.20. The Morgan fingerprint density at radius 2 is 2.07 bits per heavy atom. The van der Waals surface area contributed by atoms with Gasteiger partial charge in [0.2, 0.25) is 0 Å². The first kappa shape index (κ1) is 20.2. The number of rotatable bonds is 4. The topological polar surface area (TPSA) is 36.3 Å². The molecule has 1 aliphatic heterocycles. The number of para-hydroxylation sites is 2. The summed E-state index contributed by atoms with van der Waals surface area (Å²) >= 11 is 2.38. The highest BCUT2D eigenvalue weighted by Gasteiger charge is 2.49. The lowest BCUT2D eigenvalue weighted by molar-refractivity contribution is -0.173. The molecule has 1 aliphatic carbocycles. The molecule has 1 aromatic carbocycles. The zero-order valence-corrected chi connectivity index (χ0v) is 16.1. The number of alkyl halides is 4. The third-order valence-corrected chi connectivity index (χ3v) is 7.16. The van der Waals surface area contributed by atoms with Gasteiger partial charge in [-0.3, -0.25) is 0 Å². The fourth-order valence-corrected chi connectivity index (χ4v) is 5.76. The molecule has 3 nitrogen and oxygen atoms in total. The van der Waals surface area contributed by atoms with E-state index in [9.17, 15) is 22.8 Å². The second kappa shape index (κ2) is 8.23. The molecule has 3 rings (SSSR count). The Hall–Kier alpha value is -1.53. The molecule has 0 spiro atoms. The molecule has 0 radical (unpaired) electrons. The predicted molar refractivity (Wildman–Crippen MR) is 100 cm³/mol. The van der Waals surface area contributed by atoms with Gasteiger partial charge in [0.15, 0.2) is 0 Å². The molecule has 1 heterocycles. The van der Waals surface area contributed by atoms with Gasteiger partial charge in [0.05, 0.1) is 18.7 Å². The Morgan fingerprint density at radius 1 is 1.33 bits per heavy atom. The van der Waals surface area contributed by atoms with Crippen LogP contribution >= 0.6 is 23.5 Å². The van der Waals surface area contributed by atoms with E-state index in [1.165, 1.54) is 11.8 Å². The van der Waals surface area contributed by atoms with Crippen molar-refractivity contribution in [1.82, 2.24) is 0 Å². The number of anilines is 1. The molecule has 2 aliphatic rings. The van der Waals surface area contributed by atoms with E-state index in [0.29, 0.717) is 17.3 Å². The number of methoxy groups -OCH3 is 1. The molecule has 0 N–H and O–H groups in total. The quantitative estimate of drug-likeness (QED) is 0.486. The molecule has 146 valence electrons. The number of thioether (sulfide) groups is 2. The van der Waals surface area contributed by atoms with Crippen LogP contribution in [-0.4, -0.2) is 37.0 Å². The van der Waals surface area contributed by atoms with Crippen LogP contribution in [-0.2, 0) is 0 Å². The number of nitriles is 1. The van der Waals surface area contributed by atoms with Gasteiger partial charge >= 0.3 is 6.18 Å². The van der Waals surface area contributed by atoms with Gasteiger partial charge in [0.25, 0.3) is 0 Å². The SMILES string of the molecule is COc1ccccc1N1CCS/C1=C(/C#N)SC1CC(C(F)(F)F)CC1F. The molecule has 0 aromatic heterocycles. The maximum absolute atomic E-state index is 14.2. The first-order valence-electron chi connectivity index (χ1n) is 8.40. The number of ether oxygens (including phenoxy) is 1. The molecule has 27 heavy (non-hydrogen) atoms. The molecule has 1 saturated carbocycles. The second-order valence-electron chi connectivity index (χ2n) is 6.30. The zero-order chi connectivity index (χ0) is 19.6. The molecule has 3 atom stereocenters. The van der Waals surface area contributed by atoms with Gasteiger partial charge < -0.3 is 9.64 Å². The van der Waals surface area contributed by atoms with E-state index in [4.69, 9.17) is 4.74 Å². The summed E-state index contributed by atoms with van der Waals surface area (Å²) < 4.78 is 58.3. The summed E-state index contributed by atoms with van der Waals surface area (Å²) in [5.74, 6) is -0.272. The average Bonchev–Trinajstić information content (AvgIpc) is 3.26. The predicted octanol–water partition coefficient (Wildman–Crippen LogP) is 5.35. The first-order valence-corrected chi connectivity index (χ1v) is 10.3. The van der Waals surface area contributed by atoms with Crippen molar-refractivity contribution in [3.63, 3.8) is 0 Å². The van der Waals surface area contributed by atoms with Crippen LogP contribution in [0.2, 0.25) is 0 Å². The monoisotopic (exact) mass is 418 g/mol. The van der Waals surface area contributed by atoms with E-state index in [1.54, 1.807) is 13.2 Å². The van der Waals surface area contributed by atoms with Crippen LogP contribution in [0.4, 0.5) is 23.2 Å². The van der Waals surface area contributed by atoms with Gasteiger partial charge in [0, 0.05) is 17.5 Å². The molecule has 2 fully saturated rings. The average molecular weight is 418 g/mol. The van der Waals surface area contributed by atoms with Crippen LogP contribution in [0, 0.1) is 17.2 Å². The van der Waals surface area contributed by atoms with Crippen LogP contribution in [0.5, 0.6) is 5.75 Å². The van der Waals surface area contributed by atoms with Crippen molar-refractivity contribution in [3.8, 4) is 11.8 Å². The summed E-state index contributed by atoms with van der Waals surface area (Å²) in [6, 6.07) is 9.41. The molecular weight excluding hydrogens is 400 g/mol. The third-order valence-electron chi connectivity index (χ3n) is 4.63. The van der Waals surface area contributed by atoms with Crippen molar-refractivity contribution >= 4 is 29.2 Å². The Kier molecular flexibility index (Phi) is 6.16. The van der Waals surface area contributed by atoms with E-state index in [1.807, 2.05) is 23.1 Å². The van der Waals surface area contributed by atoms with Crippen molar-refractivity contribution in [1.29, 1.82) is 5.26 Å². The molecule has 9 heteroatoms. The van der Waals surface area contributed by atoms with Crippen molar-refractivity contribution in [3.05, 3.63) is 34.2 Å². The van der Waals surface area contributed by atoms with Crippen molar-refractivity contribution in [2.45, 2.75) is 30.4 Å². The lowest BCUT2D eigenvalue weighted by Gasteiger charge is -2.23. The highest BCUT2D eigenvalue weighted by molar-refractivity contribution is 8.07. The maximum atomic E-state index is 14.2. The number of hydrogen-bond donors (Lipinski definition) is 0. The Labute approximate surface area is 163 Å². The van der Waals surface area contributed by atoms with Crippen molar-refractivity contribution < 1.29 is 22.3 Å². The summed E-state index contributed by atoms with van der Waals surface area (Å²) in [5.41, 5.74) is 0.782. The van der Waals surface area contributed by atoms with Gasteiger partial charge in [0.1, 0.15) is 27.9 Å². The van der Waals surface area contributed by atoms with E-state index >= 15 is 0 Å². The van der Waals surface area contributed by atoms with Crippen molar-refractivity contribution in [2.24, 2.45) is 5.92 Å².